The van der Waals surface area contributed by atoms with E-state index in [2.05, 4.69) is 33.9 Å². The first kappa shape index (κ1) is 24.0. The molecule has 1 saturated heterocycles. The molecule has 1 atom stereocenters. The van der Waals surface area contributed by atoms with Crippen molar-refractivity contribution < 1.29 is 19.2 Å². The van der Waals surface area contributed by atoms with Crippen molar-refractivity contribution in [3.8, 4) is 5.88 Å². The number of carbonyl (C=O) groups excluding carboxylic acids is 1. The second-order valence-corrected chi connectivity index (χ2v) is 9.01. The average molecular weight is 446 g/mol. The summed E-state index contributed by atoms with van der Waals surface area (Å²) in [6, 6.07) is 2.31. The summed E-state index contributed by atoms with van der Waals surface area (Å²) in [5.41, 5.74) is 7.03. The number of hydrogen-bond donors (Lipinski definition) is 2. The van der Waals surface area contributed by atoms with E-state index in [1.54, 1.807) is 19.9 Å². The summed E-state index contributed by atoms with van der Waals surface area (Å²) in [6.45, 7) is 9.91. The van der Waals surface area contributed by atoms with Gasteiger partial charge in [0.15, 0.2) is 5.82 Å². The fraction of sp³-hybridized carbons (Fsp3) is 0.652. The standard InChI is InChI=1S/C23H35N5O4/c1-14(2)21-26-23(32-27-21)28-9-7-17(8-10-28)6-5-11-31-22-18(12-15(3)29)13-19(20(24)30)16(4)25-22/h13-15,17,29H,5-12H2,1-4H3,(H2,24,30)/t15-/m1/s1. The average Bonchev–Trinajstić information content (AvgIpc) is 3.23. The van der Waals surface area contributed by atoms with Crippen molar-refractivity contribution in [1.82, 2.24) is 15.1 Å². The second kappa shape index (κ2) is 10.8. The largest absolute Gasteiger partial charge is 0.477 e. The number of aliphatic hydroxyl groups excluding tert-OH is 1. The molecule has 3 heterocycles. The Morgan fingerprint density at radius 1 is 1.31 bits per heavy atom. The van der Waals surface area contributed by atoms with E-state index in [4.69, 9.17) is 15.0 Å². The van der Waals surface area contributed by atoms with E-state index in [1.807, 2.05) is 0 Å². The van der Waals surface area contributed by atoms with Crippen molar-refractivity contribution >= 4 is 11.9 Å². The zero-order chi connectivity index (χ0) is 23.3. The van der Waals surface area contributed by atoms with Crippen LogP contribution >= 0.6 is 0 Å². The number of anilines is 1. The van der Waals surface area contributed by atoms with Crippen molar-refractivity contribution in [2.75, 3.05) is 24.6 Å². The van der Waals surface area contributed by atoms with Gasteiger partial charge >= 0.3 is 6.01 Å². The summed E-state index contributed by atoms with van der Waals surface area (Å²) >= 11 is 0. The van der Waals surface area contributed by atoms with Gasteiger partial charge in [-0.3, -0.25) is 4.79 Å². The monoisotopic (exact) mass is 445 g/mol. The quantitative estimate of drug-likeness (QED) is 0.534. The van der Waals surface area contributed by atoms with Crippen molar-refractivity contribution in [3.05, 3.63) is 28.7 Å². The Bertz CT molecular complexity index is 904. The van der Waals surface area contributed by atoms with Gasteiger partial charge in [-0.25, -0.2) is 4.98 Å². The lowest BCUT2D eigenvalue weighted by Gasteiger charge is -2.30. The van der Waals surface area contributed by atoms with Crippen LogP contribution in [0, 0.1) is 12.8 Å². The molecule has 0 aromatic carbocycles. The topological polar surface area (TPSA) is 128 Å². The van der Waals surface area contributed by atoms with E-state index in [0.29, 0.717) is 47.7 Å². The minimum atomic E-state index is -0.566. The molecule has 1 aliphatic heterocycles. The number of rotatable bonds is 10. The van der Waals surface area contributed by atoms with Crippen molar-refractivity contribution in [2.24, 2.45) is 11.7 Å². The second-order valence-electron chi connectivity index (χ2n) is 9.01. The number of nitrogens with two attached hydrogens (primary N) is 1. The summed E-state index contributed by atoms with van der Waals surface area (Å²) in [4.78, 5) is 22.7. The Labute approximate surface area is 189 Å². The van der Waals surface area contributed by atoms with Gasteiger partial charge in [0.25, 0.3) is 5.91 Å². The maximum Gasteiger partial charge on any atom is 0.324 e. The highest BCUT2D eigenvalue weighted by atomic mass is 16.5. The Balaban J connectivity index is 1.47. The Morgan fingerprint density at radius 2 is 2.03 bits per heavy atom. The Kier molecular flexibility index (Phi) is 8.06. The van der Waals surface area contributed by atoms with Crippen LogP contribution in [0.2, 0.25) is 0 Å². The molecule has 3 N–H and O–H groups in total. The number of aryl methyl sites for hydroxylation is 1. The van der Waals surface area contributed by atoms with Crippen molar-refractivity contribution in [2.45, 2.75) is 71.8 Å². The normalized spacial score (nSPS) is 15.9. The number of aromatic nitrogens is 3. The van der Waals surface area contributed by atoms with Crippen LogP contribution in [0.3, 0.4) is 0 Å². The summed E-state index contributed by atoms with van der Waals surface area (Å²) < 4.78 is 11.4. The number of nitrogens with zero attached hydrogens (tertiary/aromatic N) is 4. The maximum absolute atomic E-state index is 11.6. The van der Waals surface area contributed by atoms with Gasteiger partial charge in [-0.15, -0.1) is 0 Å². The van der Waals surface area contributed by atoms with Gasteiger partial charge in [-0.05, 0) is 51.5 Å². The van der Waals surface area contributed by atoms with Gasteiger partial charge in [-0.1, -0.05) is 19.0 Å². The summed E-state index contributed by atoms with van der Waals surface area (Å²) in [7, 11) is 0. The molecule has 0 spiro atoms. The number of piperidine rings is 1. The van der Waals surface area contributed by atoms with Crippen LogP contribution in [-0.4, -0.2) is 51.9 Å². The van der Waals surface area contributed by atoms with E-state index in [-0.39, 0.29) is 5.92 Å². The number of hydrogen-bond acceptors (Lipinski definition) is 8. The molecule has 1 fully saturated rings. The van der Waals surface area contributed by atoms with Crippen LogP contribution in [0.25, 0.3) is 0 Å². The van der Waals surface area contributed by atoms with E-state index in [9.17, 15) is 9.90 Å². The van der Waals surface area contributed by atoms with Crippen LogP contribution in [0.4, 0.5) is 6.01 Å². The lowest BCUT2D eigenvalue weighted by molar-refractivity contribution is 0.0998. The number of ether oxygens (including phenoxy) is 1. The third kappa shape index (κ3) is 6.18. The zero-order valence-corrected chi connectivity index (χ0v) is 19.5. The molecular formula is C23H35N5O4. The van der Waals surface area contributed by atoms with E-state index in [1.165, 1.54) is 0 Å². The lowest BCUT2D eigenvalue weighted by Crippen LogP contribution is -2.34. The van der Waals surface area contributed by atoms with Crippen LogP contribution in [-0.2, 0) is 6.42 Å². The van der Waals surface area contributed by atoms with Crippen LogP contribution in [0.1, 0.15) is 79.8 Å². The molecule has 176 valence electrons. The molecule has 9 nitrogen and oxygen atoms in total. The molecule has 0 radical (unpaired) electrons. The van der Waals surface area contributed by atoms with Crippen LogP contribution < -0.4 is 15.4 Å². The van der Waals surface area contributed by atoms with Crippen LogP contribution in [0.5, 0.6) is 5.88 Å². The highest BCUT2D eigenvalue weighted by molar-refractivity contribution is 5.94. The predicted molar refractivity (Wildman–Crippen MR) is 121 cm³/mol. The van der Waals surface area contributed by atoms with Gasteiger partial charge in [0.05, 0.1) is 24.0 Å². The van der Waals surface area contributed by atoms with Gasteiger partial charge in [0.2, 0.25) is 5.88 Å². The predicted octanol–water partition coefficient (Wildman–Crippen LogP) is 2.99. The first-order valence-electron chi connectivity index (χ1n) is 11.4. The molecule has 9 heteroatoms. The van der Waals surface area contributed by atoms with E-state index < -0.39 is 12.0 Å². The molecule has 1 amide bonds. The van der Waals surface area contributed by atoms with Gasteiger partial charge in [0.1, 0.15) is 0 Å². The fourth-order valence-corrected chi connectivity index (χ4v) is 4.01. The highest BCUT2D eigenvalue weighted by Gasteiger charge is 2.23. The number of pyridine rings is 1. The fourth-order valence-electron chi connectivity index (χ4n) is 4.01. The van der Waals surface area contributed by atoms with Crippen LogP contribution in [0.15, 0.2) is 10.6 Å². The van der Waals surface area contributed by atoms with Gasteiger partial charge in [-0.2, -0.15) is 4.98 Å². The third-order valence-corrected chi connectivity index (χ3v) is 5.86. The van der Waals surface area contributed by atoms with Gasteiger partial charge < -0.3 is 25.0 Å². The van der Waals surface area contributed by atoms with Crippen molar-refractivity contribution in [1.29, 1.82) is 0 Å². The Morgan fingerprint density at radius 3 is 2.62 bits per heavy atom. The lowest BCUT2D eigenvalue weighted by atomic mass is 9.92. The molecular weight excluding hydrogens is 410 g/mol. The number of amides is 1. The summed E-state index contributed by atoms with van der Waals surface area (Å²) in [5, 5.41) is 13.8. The molecule has 0 unspecified atom stereocenters. The smallest absolute Gasteiger partial charge is 0.324 e. The third-order valence-electron chi connectivity index (χ3n) is 5.86. The molecule has 3 rings (SSSR count). The summed E-state index contributed by atoms with van der Waals surface area (Å²) in [5.74, 6) is 1.59. The number of carbonyl (C=O) groups is 1. The van der Waals surface area contributed by atoms with Crippen molar-refractivity contribution in [3.63, 3.8) is 0 Å². The number of primary amides is 1. The molecule has 2 aromatic heterocycles. The molecule has 32 heavy (non-hydrogen) atoms. The number of aliphatic hydroxyl groups is 1. The zero-order valence-electron chi connectivity index (χ0n) is 19.5. The van der Waals surface area contributed by atoms with E-state index in [0.717, 1.165) is 44.6 Å². The molecule has 0 bridgehead atoms. The first-order chi connectivity index (χ1) is 15.2. The highest BCUT2D eigenvalue weighted by Crippen LogP contribution is 2.27. The minimum absolute atomic E-state index is 0.261. The molecule has 1 aliphatic rings. The molecule has 0 saturated carbocycles. The SMILES string of the molecule is Cc1nc(OCCCC2CCN(c3nc(C(C)C)no3)CC2)c(C[C@@H](C)O)cc1C(N)=O. The minimum Gasteiger partial charge on any atom is -0.477 e. The summed E-state index contributed by atoms with van der Waals surface area (Å²) in [6.07, 6.45) is 3.93. The maximum atomic E-state index is 11.6. The first-order valence-corrected chi connectivity index (χ1v) is 11.4. The Hall–Kier alpha value is -2.68. The van der Waals surface area contributed by atoms with E-state index >= 15 is 0 Å². The molecule has 0 aliphatic carbocycles. The van der Waals surface area contributed by atoms with Gasteiger partial charge in [0, 0.05) is 31.0 Å². The molecule has 2 aromatic rings.